The molecule has 0 aliphatic heterocycles. The monoisotopic (exact) mass is 365 g/mol. The summed E-state index contributed by atoms with van der Waals surface area (Å²) < 4.78 is 32.1. The number of alkyl halides is 2. The van der Waals surface area contributed by atoms with Gasteiger partial charge in [0, 0.05) is 17.5 Å². The minimum atomic E-state index is -3.00. The number of nitrogens with two attached hydrogens (primary N) is 1. The minimum absolute atomic E-state index is 0.0779. The van der Waals surface area contributed by atoms with Crippen molar-refractivity contribution >= 4 is 28.5 Å². The Labute approximate surface area is 144 Å². The summed E-state index contributed by atoms with van der Waals surface area (Å²) in [5.74, 6) is -0.0779. The highest BCUT2D eigenvalue weighted by atomic mass is 32.1. The van der Waals surface area contributed by atoms with Crippen molar-refractivity contribution in [2.75, 3.05) is 5.73 Å². The molecule has 2 aromatic heterocycles. The largest absolute Gasteiger partial charge is 0.434 e. The summed E-state index contributed by atoms with van der Waals surface area (Å²) >= 11 is 1.34. The number of nitrogens with zero attached hydrogens (tertiary/aromatic N) is 4. The number of hydrogen-bond acceptors (Lipinski definition) is 6. The Kier molecular flexibility index (Phi) is 4.61. The SMILES string of the molecule is Cn1nnn(-c2cccc(OC(F)F)c2/C=C/c2ccc(N)s2)c1=O. The molecule has 2 N–H and O–H groups in total. The summed E-state index contributed by atoms with van der Waals surface area (Å²) in [6, 6.07) is 7.98. The second-order valence-electron chi connectivity index (χ2n) is 4.94. The van der Waals surface area contributed by atoms with E-state index in [2.05, 4.69) is 15.2 Å². The van der Waals surface area contributed by atoms with Gasteiger partial charge in [-0.1, -0.05) is 6.07 Å². The highest BCUT2D eigenvalue weighted by molar-refractivity contribution is 7.16. The number of benzene rings is 1. The summed E-state index contributed by atoms with van der Waals surface area (Å²) in [4.78, 5) is 12.9. The van der Waals surface area contributed by atoms with Crippen LogP contribution in [0.2, 0.25) is 0 Å². The Bertz CT molecular complexity index is 976. The van der Waals surface area contributed by atoms with Crippen molar-refractivity contribution in [2.45, 2.75) is 6.61 Å². The van der Waals surface area contributed by atoms with E-state index in [-0.39, 0.29) is 17.0 Å². The Morgan fingerprint density at radius 3 is 2.64 bits per heavy atom. The molecule has 0 bridgehead atoms. The summed E-state index contributed by atoms with van der Waals surface area (Å²) in [5.41, 5.74) is 5.72. The number of hydrogen-bond donors (Lipinski definition) is 1. The topological polar surface area (TPSA) is 88.0 Å². The van der Waals surface area contributed by atoms with Gasteiger partial charge < -0.3 is 10.5 Å². The zero-order valence-corrected chi connectivity index (χ0v) is 13.8. The van der Waals surface area contributed by atoms with Gasteiger partial charge in [0.15, 0.2) is 0 Å². The average molecular weight is 365 g/mol. The fraction of sp³-hybridized carbons (Fsp3) is 0.133. The number of anilines is 1. The maximum absolute atomic E-state index is 12.7. The van der Waals surface area contributed by atoms with E-state index in [4.69, 9.17) is 5.73 Å². The minimum Gasteiger partial charge on any atom is -0.434 e. The van der Waals surface area contributed by atoms with Crippen LogP contribution < -0.4 is 16.2 Å². The number of aromatic nitrogens is 4. The van der Waals surface area contributed by atoms with Gasteiger partial charge in [-0.15, -0.1) is 11.3 Å². The Hall–Kier alpha value is -3.01. The molecule has 3 rings (SSSR count). The van der Waals surface area contributed by atoms with E-state index in [9.17, 15) is 13.6 Å². The van der Waals surface area contributed by atoms with Crippen molar-refractivity contribution in [3.8, 4) is 11.4 Å². The molecule has 0 spiro atoms. The lowest BCUT2D eigenvalue weighted by molar-refractivity contribution is -0.0499. The van der Waals surface area contributed by atoms with Crippen LogP contribution >= 0.6 is 11.3 Å². The van der Waals surface area contributed by atoms with Crippen LogP contribution in [-0.2, 0) is 7.05 Å². The molecule has 130 valence electrons. The Morgan fingerprint density at radius 2 is 2.04 bits per heavy atom. The van der Waals surface area contributed by atoms with E-state index < -0.39 is 12.3 Å². The normalized spacial score (nSPS) is 11.5. The lowest BCUT2D eigenvalue weighted by Gasteiger charge is -2.11. The van der Waals surface area contributed by atoms with Gasteiger partial charge in [-0.25, -0.2) is 4.79 Å². The fourth-order valence-corrected chi connectivity index (χ4v) is 2.85. The lowest BCUT2D eigenvalue weighted by atomic mass is 10.1. The standard InChI is InChI=1S/C15H13F2N5O2S/c1-21-15(23)22(20-19-21)11-3-2-4-12(24-14(16)17)10(11)7-5-9-6-8-13(18)25-9/h2-8,14H,18H2,1H3/b7-5+. The number of aryl methyl sites for hydroxylation is 1. The Morgan fingerprint density at radius 1 is 1.24 bits per heavy atom. The number of tetrazole rings is 1. The molecule has 0 saturated heterocycles. The van der Waals surface area contributed by atoms with E-state index >= 15 is 0 Å². The molecule has 0 aliphatic rings. The number of nitrogen functional groups attached to an aromatic ring is 1. The van der Waals surface area contributed by atoms with E-state index in [1.165, 1.54) is 30.5 Å². The first-order valence-electron chi connectivity index (χ1n) is 7.06. The Balaban J connectivity index is 2.13. The van der Waals surface area contributed by atoms with Gasteiger partial charge in [-0.3, -0.25) is 0 Å². The van der Waals surface area contributed by atoms with E-state index in [1.807, 2.05) is 0 Å². The van der Waals surface area contributed by atoms with E-state index in [0.717, 1.165) is 14.2 Å². The van der Waals surface area contributed by atoms with Gasteiger partial charge in [0.25, 0.3) is 0 Å². The first-order chi connectivity index (χ1) is 12.0. The first kappa shape index (κ1) is 16.8. The molecule has 0 saturated carbocycles. The van der Waals surface area contributed by atoms with Crippen molar-refractivity contribution in [1.29, 1.82) is 0 Å². The van der Waals surface area contributed by atoms with Crippen LogP contribution in [-0.4, -0.2) is 26.4 Å². The van der Waals surface area contributed by atoms with Crippen LogP contribution in [0.1, 0.15) is 10.4 Å². The molecule has 7 nitrogen and oxygen atoms in total. The van der Waals surface area contributed by atoms with Crippen LogP contribution in [0, 0.1) is 0 Å². The summed E-state index contributed by atoms with van der Waals surface area (Å²) in [6.07, 6.45) is 3.26. The number of ether oxygens (including phenoxy) is 1. The molecule has 0 aliphatic carbocycles. The maximum Gasteiger partial charge on any atom is 0.387 e. The molecule has 1 aromatic carbocycles. The predicted molar refractivity (Wildman–Crippen MR) is 90.9 cm³/mol. The molecular formula is C15H13F2N5O2S. The van der Waals surface area contributed by atoms with Crippen molar-refractivity contribution in [3.63, 3.8) is 0 Å². The fourth-order valence-electron chi connectivity index (χ4n) is 2.17. The second kappa shape index (κ2) is 6.85. The quantitative estimate of drug-likeness (QED) is 0.750. The number of halogens is 2. The zero-order valence-electron chi connectivity index (χ0n) is 13.0. The molecule has 25 heavy (non-hydrogen) atoms. The van der Waals surface area contributed by atoms with Gasteiger partial charge >= 0.3 is 12.3 Å². The molecular weight excluding hydrogens is 352 g/mol. The van der Waals surface area contributed by atoms with Gasteiger partial charge in [0.2, 0.25) is 0 Å². The number of rotatable bonds is 5. The van der Waals surface area contributed by atoms with Crippen molar-refractivity contribution in [2.24, 2.45) is 7.05 Å². The van der Waals surface area contributed by atoms with Crippen LogP contribution in [0.3, 0.4) is 0 Å². The molecule has 0 radical (unpaired) electrons. The average Bonchev–Trinajstić information content (AvgIpc) is 3.12. The van der Waals surface area contributed by atoms with Crippen LogP contribution in [0.15, 0.2) is 35.1 Å². The van der Waals surface area contributed by atoms with Crippen LogP contribution in [0.4, 0.5) is 13.8 Å². The van der Waals surface area contributed by atoms with Gasteiger partial charge in [-0.2, -0.15) is 18.1 Å². The molecule has 0 fully saturated rings. The van der Waals surface area contributed by atoms with Crippen molar-refractivity contribution in [3.05, 3.63) is 51.3 Å². The van der Waals surface area contributed by atoms with Crippen LogP contribution in [0.5, 0.6) is 5.75 Å². The second-order valence-corrected chi connectivity index (χ2v) is 6.08. The smallest absolute Gasteiger partial charge is 0.387 e. The van der Waals surface area contributed by atoms with Gasteiger partial charge in [-0.05, 0) is 46.8 Å². The molecule has 0 unspecified atom stereocenters. The lowest BCUT2D eigenvalue weighted by Crippen LogP contribution is -2.22. The van der Waals surface area contributed by atoms with E-state index in [1.54, 1.807) is 30.4 Å². The van der Waals surface area contributed by atoms with Crippen LogP contribution in [0.25, 0.3) is 17.8 Å². The summed E-state index contributed by atoms with van der Waals surface area (Å²) in [7, 11) is 1.44. The molecule has 0 atom stereocenters. The summed E-state index contributed by atoms with van der Waals surface area (Å²) in [5, 5.41) is 8.01. The van der Waals surface area contributed by atoms with Gasteiger partial charge in [0.1, 0.15) is 5.75 Å². The highest BCUT2D eigenvalue weighted by Gasteiger charge is 2.16. The van der Waals surface area contributed by atoms with Crippen molar-refractivity contribution < 1.29 is 13.5 Å². The zero-order chi connectivity index (χ0) is 18.0. The molecule has 0 amide bonds. The maximum atomic E-state index is 12.7. The third kappa shape index (κ3) is 3.58. The highest BCUT2D eigenvalue weighted by Crippen LogP contribution is 2.29. The molecule has 3 aromatic rings. The molecule has 2 heterocycles. The third-order valence-corrected chi connectivity index (χ3v) is 4.15. The van der Waals surface area contributed by atoms with Gasteiger partial charge in [0.05, 0.1) is 10.7 Å². The molecule has 10 heteroatoms. The third-order valence-electron chi connectivity index (χ3n) is 3.27. The first-order valence-corrected chi connectivity index (χ1v) is 7.88. The number of thiophene rings is 1. The van der Waals surface area contributed by atoms with Crippen molar-refractivity contribution in [1.82, 2.24) is 19.8 Å². The summed E-state index contributed by atoms with van der Waals surface area (Å²) in [6.45, 7) is -3.00. The van der Waals surface area contributed by atoms with E-state index in [0.29, 0.717) is 5.00 Å². The predicted octanol–water partition coefficient (Wildman–Crippen LogP) is 2.38.